The Morgan fingerprint density at radius 3 is 2.70 bits per heavy atom. The van der Waals surface area contributed by atoms with Crippen molar-refractivity contribution in [1.82, 2.24) is 4.90 Å². The molecule has 0 atom stereocenters. The zero-order valence-corrected chi connectivity index (χ0v) is 13.2. The van der Waals surface area contributed by atoms with Crippen molar-refractivity contribution in [1.29, 1.82) is 0 Å². The molecule has 2 rings (SSSR count). The Hall–Kier alpha value is -0.840. The van der Waals surface area contributed by atoms with Crippen LogP contribution in [0.2, 0.25) is 4.34 Å². The zero-order chi connectivity index (χ0) is 14.6. The molecule has 0 unspecified atom stereocenters. The van der Waals surface area contributed by atoms with Crippen molar-refractivity contribution >= 4 is 28.8 Å². The van der Waals surface area contributed by atoms with Crippen LogP contribution >= 0.6 is 22.9 Å². The van der Waals surface area contributed by atoms with E-state index < -0.39 is 5.54 Å². The van der Waals surface area contributed by atoms with Gasteiger partial charge >= 0.3 is 0 Å². The van der Waals surface area contributed by atoms with Crippen LogP contribution in [0.1, 0.15) is 37.0 Å². The molecule has 0 aromatic carbocycles. The summed E-state index contributed by atoms with van der Waals surface area (Å²) in [6, 6.07) is 3.82. The van der Waals surface area contributed by atoms with Crippen LogP contribution in [0.3, 0.4) is 0 Å². The summed E-state index contributed by atoms with van der Waals surface area (Å²) < 4.78 is 0.742. The van der Waals surface area contributed by atoms with Crippen LogP contribution in [0.25, 0.3) is 0 Å². The number of carbonyl (C=O) groups excluding carboxylic acids is 1. The zero-order valence-electron chi connectivity index (χ0n) is 11.6. The van der Waals surface area contributed by atoms with Crippen LogP contribution in [-0.4, -0.2) is 22.9 Å². The van der Waals surface area contributed by atoms with Gasteiger partial charge < -0.3 is 10.6 Å². The lowest BCUT2D eigenvalue weighted by Crippen LogP contribution is -2.56. The molecule has 0 bridgehead atoms. The third-order valence-corrected chi connectivity index (χ3v) is 5.00. The van der Waals surface area contributed by atoms with Crippen LogP contribution in [0.4, 0.5) is 0 Å². The summed E-state index contributed by atoms with van der Waals surface area (Å²) in [4.78, 5) is 15.6. The molecule has 1 amide bonds. The highest BCUT2D eigenvalue weighted by atomic mass is 35.5. The highest BCUT2D eigenvalue weighted by Crippen LogP contribution is 2.29. The van der Waals surface area contributed by atoms with Crippen LogP contribution in [-0.2, 0) is 11.3 Å². The van der Waals surface area contributed by atoms with E-state index >= 15 is 0 Å². The summed E-state index contributed by atoms with van der Waals surface area (Å²) in [5, 5.41) is 0. The van der Waals surface area contributed by atoms with E-state index in [0.29, 0.717) is 13.1 Å². The molecule has 110 valence electrons. The third kappa shape index (κ3) is 3.62. The number of hydrogen-bond donors (Lipinski definition) is 1. The lowest BCUT2D eigenvalue weighted by molar-refractivity contribution is -0.138. The number of thiophene rings is 1. The molecule has 2 N–H and O–H groups in total. The summed E-state index contributed by atoms with van der Waals surface area (Å²) in [7, 11) is 0. The summed E-state index contributed by atoms with van der Waals surface area (Å²) in [5.74, 6) is 0.0432. The first-order chi connectivity index (χ1) is 9.55. The van der Waals surface area contributed by atoms with Gasteiger partial charge in [0.25, 0.3) is 0 Å². The normalized spacial score (nSPS) is 17.7. The first-order valence-electron chi connectivity index (χ1n) is 6.98. The average molecular weight is 313 g/mol. The minimum Gasteiger partial charge on any atom is -0.332 e. The van der Waals surface area contributed by atoms with Gasteiger partial charge in [0.05, 0.1) is 16.4 Å². The van der Waals surface area contributed by atoms with E-state index in [0.717, 1.165) is 34.9 Å². The fourth-order valence-electron chi connectivity index (χ4n) is 2.71. The lowest BCUT2D eigenvalue weighted by atomic mass is 9.81. The average Bonchev–Trinajstić information content (AvgIpc) is 2.84. The van der Waals surface area contributed by atoms with Crippen molar-refractivity contribution in [2.45, 2.75) is 44.2 Å². The maximum atomic E-state index is 12.7. The minimum absolute atomic E-state index is 0.0432. The molecule has 1 saturated carbocycles. The highest BCUT2D eigenvalue weighted by Gasteiger charge is 2.38. The number of carbonyl (C=O) groups is 1. The molecule has 5 heteroatoms. The Labute approximate surface area is 129 Å². The van der Waals surface area contributed by atoms with E-state index in [1.807, 2.05) is 12.1 Å². The molecule has 0 aliphatic heterocycles. The Kier molecular flexibility index (Phi) is 5.24. The third-order valence-electron chi connectivity index (χ3n) is 3.78. The first-order valence-corrected chi connectivity index (χ1v) is 8.18. The molecule has 1 aliphatic carbocycles. The van der Waals surface area contributed by atoms with Crippen molar-refractivity contribution in [3.63, 3.8) is 0 Å². The van der Waals surface area contributed by atoms with Gasteiger partial charge in [0, 0.05) is 11.4 Å². The topological polar surface area (TPSA) is 46.3 Å². The smallest absolute Gasteiger partial charge is 0.243 e. The van der Waals surface area contributed by atoms with E-state index in [1.54, 1.807) is 11.0 Å². The number of rotatable bonds is 5. The van der Waals surface area contributed by atoms with Gasteiger partial charge in [-0.25, -0.2) is 0 Å². The molecule has 0 radical (unpaired) electrons. The van der Waals surface area contributed by atoms with E-state index in [2.05, 4.69) is 6.58 Å². The van der Waals surface area contributed by atoms with Crippen molar-refractivity contribution in [2.24, 2.45) is 5.73 Å². The molecule has 0 spiro atoms. The number of hydrogen-bond acceptors (Lipinski definition) is 3. The molecule has 1 aliphatic rings. The largest absolute Gasteiger partial charge is 0.332 e. The molecule has 0 saturated heterocycles. The van der Waals surface area contributed by atoms with Gasteiger partial charge in [-0.05, 0) is 25.0 Å². The molecule has 1 aromatic heterocycles. The summed E-state index contributed by atoms with van der Waals surface area (Å²) in [5.41, 5.74) is 5.65. The summed E-state index contributed by atoms with van der Waals surface area (Å²) in [6.07, 6.45) is 6.56. The van der Waals surface area contributed by atoms with Gasteiger partial charge in [-0.1, -0.05) is 36.9 Å². The number of amides is 1. The fourth-order valence-corrected chi connectivity index (χ4v) is 3.81. The SMILES string of the molecule is C=CCN(Cc1ccc(Cl)s1)C(=O)C1(N)CCCCC1. The number of nitrogens with two attached hydrogens (primary N) is 1. The Balaban J connectivity index is 2.10. The van der Waals surface area contributed by atoms with E-state index in [-0.39, 0.29) is 5.91 Å². The molecule has 1 fully saturated rings. The Bertz CT molecular complexity index is 480. The Morgan fingerprint density at radius 2 is 2.15 bits per heavy atom. The van der Waals surface area contributed by atoms with Gasteiger partial charge in [-0.2, -0.15) is 0 Å². The van der Waals surface area contributed by atoms with Crippen molar-refractivity contribution in [3.8, 4) is 0 Å². The number of nitrogens with zero attached hydrogens (tertiary/aromatic N) is 1. The quantitative estimate of drug-likeness (QED) is 0.845. The van der Waals surface area contributed by atoms with Crippen LogP contribution in [0.5, 0.6) is 0 Å². The molecule has 3 nitrogen and oxygen atoms in total. The molecule has 1 heterocycles. The second-order valence-electron chi connectivity index (χ2n) is 5.40. The molecular formula is C15H21ClN2OS. The highest BCUT2D eigenvalue weighted by molar-refractivity contribution is 7.16. The monoisotopic (exact) mass is 312 g/mol. The molecule has 20 heavy (non-hydrogen) atoms. The predicted octanol–water partition coefficient (Wildman–Crippen LogP) is 3.58. The van der Waals surface area contributed by atoms with Gasteiger partial charge in [-0.3, -0.25) is 4.79 Å². The van der Waals surface area contributed by atoms with Crippen molar-refractivity contribution in [2.75, 3.05) is 6.54 Å². The predicted molar refractivity (Wildman–Crippen MR) is 84.9 cm³/mol. The fraction of sp³-hybridized carbons (Fsp3) is 0.533. The van der Waals surface area contributed by atoms with Gasteiger partial charge in [-0.15, -0.1) is 17.9 Å². The van der Waals surface area contributed by atoms with Crippen molar-refractivity contribution < 1.29 is 4.79 Å². The van der Waals surface area contributed by atoms with Gasteiger partial charge in [0.15, 0.2) is 0 Å². The lowest BCUT2D eigenvalue weighted by Gasteiger charge is -2.36. The first kappa shape index (κ1) is 15.5. The minimum atomic E-state index is -0.692. The maximum Gasteiger partial charge on any atom is 0.243 e. The van der Waals surface area contributed by atoms with Crippen molar-refractivity contribution in [3.05, 3.63) is 34.0 Å². The second-order valence-corrected chi connectivity index (χ2v) is 7.20. The molecular weight excluding hydrogens is 292 g/mol. The van der Waals surface area contributed by atoms with E-state index in [9.17, 15) is 4.79 Å². The standard InChI is InChI=1S/C15H21ClN2OS/c1-2-10-18(11-12-6-7-13(16)20-12)14(19)15(17)8-4-3-5-9-15/h2,6-7H,1,3-5,8-11,17H2. The Morgan fingerprint density at radius 1 is 1.45 bits per heavy atom. The van der Waals surface area contributed by atoms with Gasteiger partial charge in [0.2, 0.25) is 5.91 Å². The van der Waals surface area contributed by atoms with E-state index in [4.69, 9.17) is 17.3 Å². The van der Waals surface area contributed by atoms with Crippen LogP contribution in [0, 0.1) is 0 Å². The number of halogens is 1. The molecule has 1 aromatic rings. The van der Waals surface area contributed by atoms with E-state index in [1.165, 1.54) is 17.8 Å². The van der Waals surface area contributed by atoms with Crippen LogP contribution in [0.15, 0.2) is 24.8 Å². The maximum absolute atomic E-state index is 12.7. The summed E-state index contributed by atoms with van der Waals surface area (Å²) in [6.45, 7) is 4.82. The van der Waals surface area contributed by atoms with Gasteiger partial charge in [0.1, 0.15) is 0 Å². The van der Waals surface area contributed by atoms with Crippen LogP contribution < -0.4 is 5.73 Å². The second kappa shape index (κ2) is 6.74. The summed E-state index contributed by atoms with van der Waals surface area (Å²) >= 11 is 7.45.